The highest BCUT2D eigenvalue weighted by Crippen LogP contribution is 2.30. The van der Waals surface area contributed by atoms with Crippen LogP contribution in [0.1, 0.15) is 11.1 Å². The SMILES string of the molecule is C=Cc1ccccc1B1OC[C@H]([C@H]2OC(=O)O[C@@H]2[C@H]2COB(c3ccccc3C=C)O2)O1. The second-order valence-electron chi connectivity index (χ2n) is 7.76. The molecule has 0 saturated carbocycles. The average molecular weight is 432 g/mol. The van der Waals surface area contributed by atoms with E-state index in [9.17, 15) is 4.79 Å². The number of carbonyl (C=O) groups excluding carboxylic acids is 1. The second-order valence-corrected chi connectivity index (χ2v) is 7.76. The summed E-state index contributed by atoms with van der Waals surface area (Å²) in [5.74, 6) is 0. The zero-order valence-corrected chi connectivity index (χ0v) is 17.4. The lowest BCUT2D eigenvalue weighted by Gasteiger charge is -2.24. The molecule has 7 nitrogen and oxygen atoms in total. The molecule has 0 unspecified atom stereocenters. The second kappa shape index (κ2) is 8.96. The van der Waals surface area contributed by atoms with Gasteiger partial charge in [0.15, 0.2) is 12.2 Å². The molecule has 3 aliphatic rings. The zero-order valence-electron chi connectivity index (χ0n) is 17.4. The minimum atomic E-state index is -0.753. The Morgan fingerprint density at radius 3 is 1.62 bits per heavy atom. The van der Waals surface area contributed by atoms with Gasteiger partial charge in [0.2, 0.25) is 0 Å². The fourth-order valence-corrected chi connectivity index (χ4v) is 4.29. The van der Waals surface area contributed by atoms with Crippen LogP contribution in [0.2, 0.25) is 0 Å². The Morgan fingerprint density at radius 1 is 0.750 bits per heavy atom. The molecule has 2 aromatic carbocycles. The Hall–Kier alpha value is -2.84. The van der Waals surface area contributed by atoms with E-state index in [1.807, 2.05) is 48.5 Å². The van der Waals surface area contributed by atoms with Gasteiger partial charge in [0.1, 0.15) is 12.2 Å². The molecule has 3 aliphatic heterocycles. The predicted molar refractivity (Wildman–Crippen MR) is 121 cm³/mol. The molecule has 3 heterocycles. The molecule has 32 heavy (non-hydrogen) atoms. The molecular weight excluding hydrogens is 410 g/mol. The topological polar surface area (TPSA) is 72.5 Å². The van der Waals surface area contributed by atoms with Gasteiger partial charge in [-0.15, -0.1) is 0 Å². The van der Waals surface area contributed by atoms with Crippen LogP contribution in [0.3, 0.4) is 0 Å². The van der Waals surface area contributed by atoms with Crippen molar-refractivity contribution in [1.82, 2.24) is 0 Å². The first-order chi connectivity index (χ1) is 15.7. The Bertz CT molecular complexity index is 949. The highest BCUT2D eigenvalue weighted by molar-refractivity contribution is 6.63. The fraction of sp³-hybridized carbons (Fsp3) is 0.261. The van der Waals surface area contributed by atoms with Gasteiger partial charge in [-0.2, -0.15) is 0 Å². The zero-order chi connectivity index (χ0) is 22.1. The van der Waals surface area contributed by atoms with E-state index in [0.717, 1.165) is 22.1 Å². The van der Waals surface area contributed by atoms with Gasteiger partial charge in [-0.3, -0.25) is 0 Å². The summed E-state index contributed by atoms with van der Waals surface area (Å²) >= 11 is 0. The van der Waals surface area contributed by atoms with E-state index in [1.54, 1.807) is 12.2 Å². The molecule has 5 rings (SSSR count). The summed E-state index contributed by atoms with van der Waals surface area (Å²) in [4.78, 5) is 12.0. The van der Waals surface area contributed by atoms with Crippen LogP contribution in [-0.4, -0.2) is 58.0 Å². The fourth-order valence-electron chi connectivity index (χ4n) is 4.29. The van der Waals surface area contributed by atoms with Crippen LogP contribution in [0.25, 0.3) is 12.2 Å². The van der Waals surface area contributed by atoms with Crippen molar-refractivity contribution in [2.24, 2.45) is 0 Å². The van der Waals surface area contributed by atoms with Crippen LogP contribution < -0.4 is 10.9 Å². The van der Waals surface area contributed by atoms with Gasteiger partial charge < -0.3 is 28.1 Å². The van der Waals surface area contributed by atoms with Crippen molar-refractivity contribution < 1.29 is 32.9 Å². The van der Waals surface area contributed by atoms with Crippen molar-refractivity contribution in [3.63, 3.8) is 0 Å². The van der Waals surface area contributed by atoms with Gasteiger partial charge in [-0.25, -0.2) is 4.79 Å². The normalized spacial score (nSPS) is 27.3. The summed E-state index contributed by atoms with van der Waals surface area (Å²) in [6.45, 7) is 8.19. The maximum atomic E-state index is 12.0. The number of hydrogen-bond acceptors (Lipinski definition) is 7. The lowest BCUT2D eigenvalue weighted by molar-refractivity contribution is -0.00430. The number of ether oxygens (including phenoxy) is 2. The van der Waals surface area contributed by atoms with Crippen LogP contribution in [0.5, 0.6) is 0 Å². The lowest BCUT2D eigenvalue weighted by Crippen LogP contribution is -2.46. The maximum absolute atomic E-state index is 12.0. The van der Waals surface area contributed by atoms with E-state index < -0.39 is 44.8 Å². The summed E-state index contributed by atoms with van der Waals surface area (Å²) in [6, 6.07) is 15.4. The Kier molecular flexibility index (Phi) is 5.89. The van der Waals surface area contributed by atoms with E-state index in [4.69, 9.17) is 28.1 Å². The minimum absolute atomic E-state index is 0.254. The number of hydrogen-bond donors (Lipinski definition) is 0. The highest BCUT2D eigenvalue weighted by Gasteiger charge is 2.53. The summed E-state index contributed by atoms with van der Waals surface area (Å²) < 4.78 is 34.9. The molecule has 2 aromatic rings. The van der Waals surface area contributed by atoms with Crippen molar-refractivity contribution in [3.05, 3.63) is 72.8 Å². The third-order valence-electron chi connectivity index (χ3n) is 5.88. The number of benzene rings is 2. The van der Waals surface area contributed by atoms with Crippen molar-refractivity contribution in [3.8, 4) is 0 Å². The van der Waals surface area contributed by atoms with Crippen LogP contribution in [0.4, 0.5) is 4.79 Å². The maximum Gasteiger partial charge on any atom is 0.509 e. The van der Waals surface area contributed by atoms with Gasteiger partial charge in [0.05, 0.1) is 13.2 Å². The summed E-state index contributed by atoms with van der Waals surface area (Å²) in [6.07, 6.45) is 0.395. The Labute approximate surface area is 187 Å². The minimum Gasteiger partial charge on any atom is -0.424 e. The standard InChI is InChI=1S/C23H22B2O7/c1-3-15-9-5-7-11-17(15)24-27-13-19(31-24)21-22(30-23(26)29-21)20-14-28-25(32-20)18-12-8-6-10-16(18)4-2/h3-12,19-22H,1-2,13-14H2/t19-,20-,21-,22-/m1/s1. The molecule has 0 aliphatic carbocycles. The first kappa shape index (κ1) is 21.0. The molecule has 0 aromatic heterocycles. The van der Waals surface area contributed by atoms with Crippen molar-refractivity contribution in [2.75, 3.05) is 13.2 Å². The van der Waals surface area contributed by atoms with E-state index in [-0.39, 0.29) is 13.2 Å². The Balaban J connectivity index is 1.30. The third-order valence-corrected chi connectivity index (χ3v) is 5.88. The molecule has 162 valence electrons. The van der Waals surface area contributed by atoms with Crippen LogP contribution >= 0.6 is 0 Å². The summed E-state index contributed by atoms with van der Waals surface area (Å²) in [5, 5.41) is 0. The molecule has 0 spiro atoms. The van der Waals surface area contributed by atoms with Crippen molar-refractivity contribution in [1.29, 1.82) is 0 Å². The molecule has 4 atom stereocenters. The third kappa shape index (κ3) is 3.89. The van der Waals surface area contributed by atoms with Gasteiger partial charge >= 0.3 is 20.4 Å². The van der Waals surface area contributed by atoms with Crippen molar-refractivity contribution in [2.45, 2.75) is 24.4 Å². The molecule has 3 saturated heterocycles. The monoisotopic (exact) mass is 432 g/mol. The predicted octanol–water partition coefficient (Wildman–Crippen LogP) is 1.80. The quantitative estimate of drug-likeness (QED) is 0.510. The van der Waals surface area contributed by atoms with E-state index in [0.29, 0.717) is 0 Å². The Morgan fingerprint density at radius 2 is 1.19 bits per heavy atom. The molecule has 3 fully saturated rings. The molecule has 0 N–H and O–H groups in total. The average Bonchev–Trinajstić information content (AvgIpc) is 3.58. The van der Waals surface area contributed by atoms with E-state index in [1.165, 1.54) is 0 Å². The van der Waals surface area contributed by atoms with Crippen molar-refractivity contribution >= 4 is 43.5 Å². The lowest BCUT2D eigenvalue weighted by atomic mass is 9.76. The van der Waals surface area contributed by atoms with Gasteiger partial charge in [-0.05, 0) is 22.1 Å². The van der Waals surface area contributed by atoms with E-state index in [2.05, 4.69) is 13.2 Å². The molecule has 9 heteroatoms. The molecule has 0 bridgehead atoms. The summed E-state index contributed by atoms with van der Waals surface area (Å²) in [5.41, 5.74) is 3.58. The van der Waals surface area contributed by atoms with Crippen LogP contribution in [0.15, 0.2) is 61.7 Å². The summed E-state index contributed by atoms with van der Waals surface area (Å²) in [7, 11) is -1.16. The van der Waals surface area contributed by atoms with Crippen LogP contribution in [-0.2, 0) is 28.1 Å². The molecule has 0 amide bonds. The van der Waals surface area contributed by atoms with Gasteiger partial charge in [0.25, 0.3) is 0 Å². The van der Waals surface area contributed by atoms with Gasteiger partial charge in [0, 0.05) is 0 Å². The molecular formula is C23H22B2O7. The van der Waals surface area contributed by atoms with Crippen LogP contribution in [0, 0.1) is 0 Å². The van der Waals surface area contributed by atoms with E-state index >= 15 is 0 Å². The first-order valence-corrected chi connectivity index (χ1v) is 10.5. The number of rotatable bonds is 6. The largest absolute Gasteiger partial charge is 0.509 e. The first-order valence-electron chi connectivity index (χ1n) is 10.5. The highest BCUT2D eigenvalue weighted by atomic mass is 16.8. The number of carbonyl (C=O) groups is 1. The van der Waals surface area contributed by atoms with Gasteiger partial charge in [-0.1, -0.05) is 73.8 Å². The smallest absolute Gasteiger partial charge is 0.424 e. The molecule has 0 radical (unpaired) electrons. The number of cyclic esters (lactones) is 2.